The minimum absolute atomic E-state index is 0.0389. The quantitative estimate of drug-likeness (QED) is 0.770. The Labute approximate surface area is 122 Å². The summed E-state index contributed by atoms with van der Waals surface area (Å²) < 4.78 is 43.8. The number of ether oxygens (including phenoxy) is 1. The first kappa shape index (κ1) is 16.9. The standard InChI is InChI=1S/C12H14ClFN2O3S/c1-19-8-7-16(6-2-5-15)20(17,18)10-3-4-12(14)11(13)9-10/h3-4,9H,2,6-8H2,1H3. The van der Waals surface area contributed by atoms with Crippen LogP contribution in [0.25, 0.3) is 0 Å². The van der Waals surface area contributed by atoms with Crippen LogP contribution in [0.1, 0.15) is 6.42 Å². The molecular formula is C12H14ClFN2O3S. The van der Waals surface area contributed by atoms with Crippen LogP contribution in [-0.2, 0) is 14.8 Å². The monoisotopic (exact) mass is 320 g/mol. The second-order valence-corrected chi connectivity index (χ2v) is 6.23. The highest BCUT2D eigenvalue weighted by Crippen LogP contribution is 2.22. The van der Waals surface area contributed by atoms with Crippen molar-refractivity contribution in [1.29, 1.82) is 5.26 Å². The number of nitriles is 1. The molecule has 0 aromatic heterocycles. The van der Waals surface area contributed by atoms with Crippen molar-refractivity contribution in [2.45, 2.75) is 11.3 Å². The summed E-state index contributed by atoms with van der Waals surface area (Å²) >= 11 is 5.60. The summed E-state index contributed by atoms with van der Waals surface area (Å²) in [6, 6.07) is 5.08. The van der Waals surface area contributed by atoms with Crippen LogP contribution in [0.3, 0.4) is 0 Å². The lowest BCUT2D eigenvalue weighted by molar-refractivity contribution is 0.179. The van der Waals surface area contributed by atoms with E-state index in [1.54, 1.807) is 0 Å². The highest BCUT2D eigenvalue weighted by Gasteiger charge is 2.24. The molecule has 0 fully saturated rings. The van der Waals surface area contributed by atoms with Crippen molar-refractivity contribution < 1.29 is 17.5 Å². The van der Waals surface area contributed by atoms with Gasteiger partial charge in [-0.1, -0.05) is 11.6 Å². The first-order chi connectivity index (χ1) is 9.43. The largest absolute Gasteiger partial charge is 0.383 e. The minimum atomic E-state index is -3.83. The van der Waals surface area contributed by atoms with E-state index in [1.807, 2.05) is 6.07 Å². The number of methoxy groups -OCH3 is 1. The molecule has 0 saturated heterocycles. The van der Waals surface area contributed by atoms with Crippen LogP contribution in [0.5, 0.6) is 0 Å². The van der Waals surface area contributed by atoms with Crippen LogP contribution in [0, 0.1) is 17.1 Å². The van der Waals surface area contributed by atoms with Crippen molar-refractivity contribution >= 4 is 21.6 Å². The lowest BCUT2D eigenvalue weighted by Gasteiger charge is -2.20. The molecule has 20 heavy (non-hydrogen) atoms. The molecule has 1 rings (SSSR count). The fourth-order valence-corrected chi connectivity index (χ4v) is 3.20. The first-order valence-corrected chi connectivity index (χ1v) is 7.56. The summed E-state index contributed by atoms with van der Waals surface area (Å²) in [5.41, 5.74) is 0. The van der Waals surface area contributed by atoms with E-state index in [2.05, 4.69) is 0 Å². The molecule has 0 spiro atoms. The SMILES string of the molecule is COCCN(CCC#N)S(=O)(=O)c1ccc(F)c(Cl)c1. The summed E-state index contributed by atoms with van der Waals surface area (Å²) in [6.07, 6.45) is 0.0534. The van der Waals surface area contributed by atoms with Gasteiger partial charge in [0.1, 0.15) is 5.82 Å². The van der Waals surface area contributed by atoms with Crippen LogP contribution < -0.4 is 0 Å². The Balaban J connectivity index is 3.07. The van der Waals surface area contributed by atoms with Crippen molar-refractivity contribution in [3.63, 3.8) is 0 Å². The predicted molar refractivity (Wildman–Crippen MR) is 72.3 cm³/mol. The van der Waals surface area contributed by atoms with E-state index in [0.717, 1.165) is 22.5 Å². The topological polar surface area (TPSA) is 70.4 Å². The van der Waals surface area contributed by atoms with E-state index >= 15 is 0 Å². The molecule has 1 aromatic rings. The Morgan fingerprint density at radius 2 is 2.15 bits per heavy atom. The van der Waals surface area contributed by atoms with Crippen LogP contribution in [-0.4, -0.2) is 39.5 Å². The number of hydrogen-bond acceptors (Lipinski definition) is 4. The van der Waals surface area contributed by atoms with Gasteiger partial charge in [0.05, 0.1) is 22.6 Å². The molecule has 0 heterocycles. The Morgan fingerprint density at radius 3 is 2.70 bits per heavy atom. The molecule has 5 nitrogen and oxygen atoms in total. The second-order valence-electron chi connectivity index (χ2n) is 3.88. The number of benzene rings is 1. The van der Waals surface area contributed by atoms with Gasteiger partial charge in [-0.15, -0.1) is 0 Å². The molecule has 0 radical (unpaired) electrons. The zero-order chi connectivity index (χ0) is 15.2. The Kier molecular flexibility index (Phi) is 6.36. The normalized spacial score (nSPS) is 11.6. The molecule has 0 unspecified atom stereocenters. The molecule has 8 heteroatoms. The average Bonchev–Trinajstić information content (AvgIpc) is 2.41. The van der Waals surface area contributed by atoms with Crippen LogP contribution in [0.2, 0.25) is 5.02 Å². The molecule has 0 bridgehead atoms. The maximum Gasteiger partial charge on any atom is 0.243 e. The molecule has 1 aromatic carbocycles. The average molecular weight is 321 g/mol. The third-order valence-electron chi connectivity index (χ3n) is 2.55. The molecule has 0 atom stereocenters. The van der Waals surface area contributed by atoms with Crippen molar-refractivity contribution in [1.82, 2.24) is 4.31 Å². The summed E-state index contributed by atoms with van der Waals surface area (Å²) in [7, 11) is -2.39. The lowest BCUT2D eigenvalue weighted by atomic mass is 10.3. The van der Waals surface area contributed by atoms with Gasteiger partial charge in [0, 0.05) is 26.6 Å². The van der Waals surface area contributed by atoms with E-state index in [-0.39, 0.29) is 36.0 Å². The van der Waals surface area contributed by atoms with E-state index in [4.69, 9.17) is 21.6 Å². The van der Waals surface area contributed by atoms with Gasteiger partial charge >= 0.3 is 0 Å². The highest BCUT2D eigenvalue weighted by molar-refractivity contribution is 7.89. The molecule has 110 valence electrons. The lowest BCUT2D eigenvalue weighted by Crippen LogP contribution is -2.34. The third-order valence-corrected chi connectivity index (χ3v) is 4.73. The van der Waals surface area contributed by atoms with Crippen molar-refractivity contribution in [2.75, 3.05) is 26.8 Å². The number of rotatable bonds is 7. The third kappa shape index (κ3) is 4.15. The number of nitrogens with zero attached hydrogens (tertiary/aromatic N) is 2. The minimum Gasteiger partial charge on any atom is -0.383 e. The number of halogens is 2. The molecule has 0 saturated carbocycles. The van der Waals surface area contributed by atoms with Crippen LogP contribution >= 0.6 is 11.6 Å². The van der Waals surface area contributed by atoms with Gasteiger partial charge < -0.3 is 4.74 Å². The van der Waals surface area contributed by atoms with Gasteiger partial charge in [-0.2, -0.15) is 9.57 Å². The Bertz CT molecular complexity index is 601. The van der Waals surface area contributed by atoms with E-state index in [1.165, 1.54) is 7.11 Å². The van der Waals surface area contributed by atoms with Crippen LogP contribution in [0.15, 0.2) is 23.1 Å². The van der Waals surface area contributed by atoms with E-state index in [0.29, 0.717) is 0 Å². The number of hydrogen-bond donors (Lipinski definition) is 0. The van der Waals surface area contributed by atoms with E-state index in [9.17, 15) is 12.8 Å². The molecule has 0 aliphatic rings. The zero-order valence-corrected chi connectivity index (χ0v) is 12.4. The summed E-state index contributed by atoms with van der Waals surface area (Å²) in [4.78, 5) is -0.113. The van der Waals surface area contributed by atoms with Crippen molar-refractivity contribution in [3.05, 3.63) is 29.0 Å². The Morgan fingerprint density at radius 1 is 1.45 bits per heavy atom. The molecule has 0 aliphatic heterocycles. The van der Waals surface area contributed by atoms with Gasteiger partial charge in [0.25, 0.3) is 0 Å². The fraction of sp³-hybridized carbons (Fsp3) is 0.417. The molecule has 0 amide bonds. The number of sulfonamides is 1. The van der Waals surface area contributed by atoms with Gasteiger partial charge in [-0.05, 0) is 18.2 Å². The van der Waals surface area contributed by atoms with Crippen molar-refractivity contribution in [2.24, 2.45) is 0 Å². The second kappa shape index (κ2) is 7.55. The molecular weight excluding hydrogens is 307 g/mol. The zero-order valence-electron chi connectivity index (χ0n) is 10.8. The summed E-state index contributed by atoms with van der Waals surface area (Å²) in [5.74, 6) is -0.689. The smallest absolute Gasteiger partial charge is 0.243 e. The summed E-state index contributed by atoms with van der Waals surface area (Å²) in [6.45, 7) is 0.340. The highest BCUT2D eigenvalue weighted by atomic mass is 35.5. The van der Waals surface area contributed by atoms with Crippen molar-refractivity contribution in [3.8, 4) is 6.07 Å². The maximum absolute atomic E-state index is 13.1. The van der Waals surface area contributed by atoms with Gasteiger partial charge in [0.15, 0.2) is 0 Å². The van der Waals surface area contributed by atoms with Gasteiger partial charge in [0.2, 0.25) is 10.0 Å². The van der Waals surface area contributed by atoms with E-state index < -0.39 is 15.8 Å². The van der Waals surface area contributed by atoms with Gasteiger partial charge in [-0.25, -0.2) is 12.8 Å². The fourth-order valence-electron chi connectivity index (χ4n) is 1.51. The maximum atomic E-state index is 13.1. The summed E-state index contributed by atoms with van der Waals surface area (Å²) in [5, 5.41) is 8.32. The first-order valence-electron chi connectivity index (χ1n) is 5.74. The molecule has 0 aliphatic carbocycles. The molecule has 0 N–H and O–H groups in total. The van der Waals surface area contributed by atoms with Gasteiger partial charge in [-0.3, -0.25) is 0 Å². The van der Waals surface area contributed by atoms with Crippen LogP contribution in [0.4, 0.5) is 4.39 Å². The Hall–Kier alpha value is -1.20. The predicted octanol–water partition coefficient (Wildman–Crippen LogP) is 2.03.